The summed E-state index contributed by atoms with van der Waals surface area (Å²) in [5.41, 5.74) is 1.29. The highest BCUT2D eigenvalue weighted by Crippen LogP contribution is 2.44. The van der Waals surface area contributed by atoms with Crippen LogP contribution in [0.1, 0.15) is 12.0 Å². The van der Waals surface area contributed by atoms with Gasteiger partial charge in [0.15, 0.2) is 0 Å². The lowest BCUT2D eigenvalue weighted by molar-refractivity contribution is -0.197. The number of hydrogen-bond acceptors (Lipinski definition) is 6. The SMILES string of the molecule is COc1ncc(C)cc1S(=O)N1CC2(CC(N3CC4(COC4)C3)CO2)C1. The van der Waals surface area contributed by atoms with Crippen LogP contribution in [0.25, 0.3) is 0 Å². The molecule has 0 amide bonds. The maximum absolute atomic E-state index is 13.0. The number of aryl methyl sites for hydroxylation is 1. The van der Waals surface area contributed by atoms with E-state index >= 15 is 0 Å². The lowest BCUT2D eigenvalue weighted by Gasteiger charge is -2.57. The predicted molar refractivity (Wildman–Crippen MR) is 95.4 cm³/mol. The molecule has 142 valence electrons. The first-order valence-corrected chi connectivity index (χ1v) is 10.3. The summed E-state index contributed by atoms with van der Waals surface area (Å²) < 4.78 is 31.7. The van der Waals surface area contributed by atoms with Crippen molar-refractivity contribution in [3.63, 3.8) is 0 Å². The lowest BCUT2D eigenvalue weighted by Crippen LogP contribution is -2.68. The van der Waals surface area contributed by atoms with E-state index in [9.17, 15) is 4.21 Å². The Morgan fingerprint density at radius 2 is 2.08 bits per heavy atom. The van der Waals surface area contributed by atoms with Crippen molar-refractivity contribution in [3.8, 4) is 5.88 Å². The van der Waals surface area contributed by atoms with E-state index < -0.39 is 11.0 Å². The Morgan fingerprint density at radius 3 is 2.73 bits per heavy atom. The molecule has 0 saturated carbocycles. The van der Waals surface area contributed by atoms with Gasteiger partial charge < -0.3 is 14.2 Å². The van der Waals surface area contributed by atoms with E-state index in [1.807, 2.05) is 17.3 Å². The standard InChI is InChI=1S/C18H25N3O4S/c1-13-3-15(16(23-2)19-5-13)26(22)21-9-18(10-21)4-14(6-25-18)20-7-17(8-20)11-24-12-17/h3,5,14H,4,6-12H2,1-2H3. The molecule has 4 fully saturated rings. The molecule has 2 spiro atoms. The molecule has 5 heterocycles. The summed E-state index contributed by atoms with van der Waals surface area (Å²) in [4.78, 5) is 7.42. The normalized spacial score (nSPS) is 30.6. The molecule has 26 heavy (non-hydrogen) atoms. The molecule has 2 unspecified atom stereocenters. The van der Waals surface area contributed by atoms with Crippen LogP contribution in [-0.4, -0.2) is 83.2 Å². The fraction of sp³-hybridized carbons (Fsp3) is 0.722. The highest BCUT2D eigenvalue weighted by molar-refractivity contribution is 7.82. The van der Waals surface area contributed by atoms with Crippen LogP contribution < -0.4 is 4.74 Å². The van der Waals surface area contributed by atoms with Gasteiger partial charge in [0.1, 0.15) is 15.9 Å². The van der Waals surface area contributed by atoms with E-state index in [1.165, 1.54) is 0 Å². The molecule has 4 saturated heterocycles. The van der Waals surface area contributed by atoms with Gasteiger partial charge in [0.25, 0.3) is 0 Å². The minimum Gasteiger partial charge on any atom is -0.480 e. The van der Waals surface area contributed by atoms with Gasteiger partial charge in [0, 0.05) is 43.8 Å². The average molecular weight is 379 g/mol. The van der Waals surface area contributed by atoms with Crippen molar-refractivity contribution in [2.45, 2.75) is 29.9 Å². The smallest absolute Gasteiger partial charge is 0.231 e. The Bertz CT molecular complexity index is 740. The van der Waals surface area contributed by atoms with Crippen LogP contribution in [0.2, 0.25) is 0 Å². The Morgan fingerprint density at radius 1 is 1.31 bits per heavy atom. The summed E-state index contributed by atoms with van der Waals surface area (Å²) in [6.45, 7) is 8.25. The lowest BCUT2D eigenvalue weighted by atomic mass is 9.76. The maximum Gasteiger partial charge on any atom is 0.231 e. The third-order valence-electron chi connectivity index (χ3n) is 6.10. The van der Waals surface area contributed by atoms with Crippen molar-refractivity contribution in [3.05, 3.63) is 17.8 Å². The third kappa shape index (κ3) is 2.62. The van der Waals surface area contributed by atoms with Crippen LogP contribution in [0.15, 0.2) is 17.2 Å². The number of aromatic nitrogens is 1. The monoisotopic (exact) mass is 379 g/mol. The molecule has 1 aromatic heterocycles. The quantitative estimate of drug-likeness (QED) is 0.763. The second kappa shape index (κ2) is 5.97. The number of hydrogen-bond donors (Lipinski definition) is 0. The zero-order chi connectivity index (χ0) is 17.9. The summed E-state index contributed by atoms with van der Waals surface area (Å²) in [6.07, 6.45) is 2.76. The largest absolute Gasteiger partial charge is 0.480 e. The van der Waals surface area contributed by atoms with Crippen molar-refractivity contribution in [1.82, 2.24) is 14.2 Å². The van der Waals surface area contributed by atoms with Crippen LogP contribution in [0, 0.1) is 12.3 Å². The first-order valence-electron chi connectivity index (χ1n) is 9.15. The predicted octanol–water partition coefficient (Wildman–Crippen LogP) is 0.597. The first-order chi connectivity index (χ1) is 12.5. The fourth-order valence-electron chi connectivity index (χ4n) is 4.58. The number of nitrogens with zero attached hydrogens (tertiary/aromatic N) is 3. The number of ether oxygens (including phenoxy) is 3. The van der Waals surface area contributed by atoms with Gasteiger partial charge in [-0.2, -0.15) is 0 Å². The van der Waals surface area contributed by atoms with Crippen LogP contribution in [0.5, 0.6) is 5.88 Å². The maximum atomic E-state index is 13.0. The third-order valence-corrected chi connectivity index (χ3v) is 7.50. The molecule has 2 atom stereocenters. The van der Waals surface area contributed by atoms with Gasteiger partial charge in [0.05, 0.1) is 32.5 Å². The molecular formula is C18H25N3O4S. The summed E-state index contributed by atoms with van der Waals surface area (Å²) in [6, 6.07) is 2.39. The van der Waals surface area contributed by atoms with Crippen molar-refractivity contribution in [2.75, 3.05) is 53.1 Å². The van der Waals surface area contributed by atoms with E-state index in [2.05, 4.69) is 9.88 Å². The molecule has 1 aromatic rings. The molecule has 0 radical (unpaired) electrons. The summed E-state index contributed by atoms with van der Waals surface area (Å²) in [5.74, 6) is 0.439. The van der Waals surface area contributed by atoms with E-state index in [0.717, 1.165) is 44.9 Å². The topological polar surface area (TPSA) is 64.1 Å². The van der Waals surface area contributed by atoms with Gasteiger partial charge in [-0.05, 0) is 25.0 Å². The van der Waals surface area contributed by atoms with E-state index in [4.69, 9.17) is 14.2 Å². The zero-order valence-corrected chi connectivity index (χ0v) is 16.1. The van der Waals surface area contributed by atoms with Gasteiger partial charge in [-0.25, -0.2) is 13.5 Å². The average Bonchev–Trinajstić information content (AvgIpc) is 2.95. The van der Waals surface area contributed by atoms with Crippen molar-refractivity contribution in [2.24, 2.45) is 5.41 Å². The molecule has 4 aliphatic heterocycles. The van der Waals surface area contributed by atoms with E-state index in [-0.39, 0.29) is 5.60 Å². The zero-order valence-electron chi connectivity index (χ0n) is 15.3. The number of rotatable bonds is 4. The molecule has 0 N–H and O–H groups in total. The minimum absolute atomic E-state index is 0.135. The second-order valence-corrected chi connectivity index (χ2v) is 9.77. The van der Waals surface area contributed by atoms with E-state index in [0.29, 0.717) is 35.3 Å². The number of pyridine rings is 1. The summed E-state index contributed by atoms with van der Waals surface area (Å²) in [7, 11) is 0.299. The molecule has 0 bridgehead atoms. The van der Waals surface area contributed by atoms with Crippen LogP contribution >= 0.6 is 0 Å². The van der Waals surface area contributed by atoms with Crippen molar-refractivity contribution >= 4 is 11.0 Å². The highest BCUT2D eigenvalue weighted by Gasteiger charge is 2.57. The van der Waals surface area contributed by atoms with Gasteiger partial charge in [-0.15, -0.1) is 0 Å². The Labute approximate surface area is 156 Å². The van der Waals surface area contributed by atoms with Crippen molar-refractivity contribution in [1.29, 1.82) is 0 Å². The van der Waals surface area contributed by atoms with Gasteiger partial charge in [0.2, 0.25) is 5.88 Å². The Balaban J connectivity index is 1.20. The molecule has 7 nitrogen and oxygen atoms in total. The van der Waals surface area contributed by atoms with Gasteiger partial charge in [-0.1, -0.05) is 0 Å². The van der Waals surface area contributed by atoms with Gasteiger partial charge in [-0.3, -0.25) is 4.90 Å². The first kappa shape index (κ1) is 17.1. The summed E-state index contributed by atoms with van der Waals surface area (Å²) in [5, 5.41) is 0. The molecule has 0 aromatic carbocycles. The Kier molecular flexibility index (Phi) is 3.92. The fourth-order valence-corrected chi connectivity index (χ4v) is 6.14. The number of likely N-dealkylation sites (tertiary alicyclic amines) is 1. The molecule has 8 heteroatoms. The second-order valence-electron chi connectivity index (χ2n) is 8.32. The minimum atomic E-state index is -1.26. The highest BCUT2D eigenvalue weighted by atomic mass is 32.2. The number of methoxy groups -OCH3 is 1. The van der Waals surface area contributed by atoms with Crippen LogP contribution in [-0.2, 0) is 20.5 Å². The molecule has 5 rings (SSSR count). The summed E-state index contributed by atoms with van der Waals surface area (Å²) >= 11 is 0. The Hall–Kier alpha value is -1.06. The van der Waals surface area contributed by atoms with Crippen LogP contribution in [0.3, 0.4) is 0 Å². The molecule has 0 aliphatic carbocycles. The van der Waals surface area contributed by atoms with Crippen molar-refractivity contribution < 1.29 is 18.4 Å². The van der Waals surface area contributed by atoms with Crippen LogP contribution in [0.4, 0.5) is 0 Å². The van der Waals surface area contributed by atoms with E-state index in [1.54, 1.807) is 13.3 Å². The molecule has 4 aliphatic rings. The van der Waals surface area contributed by atoms with Gasteiger partial charge >= 0.3 is 0 Å². The molecular weight excluding hydrogens is 354 g/mol.